The first-order chi connectivity index (χ1) is 13.1. The minimum absolute atomic E-state index is 0.0376. The van der Waals surface area contributed by atoms with E-state index in [0.29, 0.717) is 5.41 Å². The minimum Gasteiger partial charge on any atom is -0.390 e. The maximum atomic E-state index is 9.96. The summed E-state index contributed by atoms with van der Waals surface area (Å²) >= 11 is 0. The van der Waals surface area contributed by atoms with E-state index in [4.69, 9.17) is 4.98 Å². The highest BCUT2D eigenvalue weighted by Gasteiger charge is 2.50. The zero-order valence-corrected chi connectivity index (χ0v) is 16.7. The molecule has 0 spiro atoms. The zero-order chi connectivity index (χ0) is 18.6. The Bertz CT molecular complexity index is 815. The predicted molar refractivity (Wildman–Crippen MR) is 108 cm³/mol. The van der Waals surface area contributed by atoms with Gasteiger partial charge in [0.15, 0.2) is 0 Å². The highest BCUT2D eigenvalue weighted by molar-refractivity contribution is 5.61. The van der Waals surface area contributed by atoms with E-state index in [0.717, 1.165) is 35.7 Å². The molecule has 4 aliphatic rings. The van der Waals surface area contributed by atoms with Crippen LogP contribution in [0.2, 0.25) is 0 Å². The van der Waals surface area contributed by atoms with Gasteiger partial charge in [-0.25, -0.2) is 4.98 Å². The van der Waals surface area contributed by atoms with E-state index in [1.807, 2.05) is 0 Å². The number of aliphatic hydroxyl groups excluding tert-OH is 1. The van der Waals surface area contributed by atoms with E-state index in [1.54, 1.807) is 0 Å². The molecule has 4 aliphatic carbocycles. The third-order valence-electron chi connectivity index (χ3n) is 7.89. The molecule has 1 N–H and O–H groups in total. The third kappa shape index (κ3) is 2.95. The topological polar surface area (TPSA) is 38.1 Å². The van der Waals surface area contributed by atoms with Crippen LogP contribution >= 0.6 is 0 Å². The number of hydrogen-bond acceptors (Lipinski definition) is 2. The highest BCUT2D eigenvalue weighted by Crippen LogP contribution is 2.61. The molecule has 0 saturated heterocycles. The molecule has 0 unspecified atom stereocenters. The monoisotopic (exact) mass is 364 g/mol. The molecule has 1 aromatic heterocycles. The Kier molecular flexibility index (Phi) is 4.19. The fourth-order valence-corrected chi connectivity index (χ4v) is 7.07. The average molecular weight is 365 g/mol. The molecule has 1 aromatic carbocycles. The summed E-state index contributed by atoms with van der Waals surface area (Å²) in [4.78, 5) is 4.84. The number of nitrogens with zero attached hydrogens (tertiary/aromatic N) is 2. The van der Waals surface area contributed by atoms with Crippen LogP contribution in [0.3, 0.4) is 0 Å². The van der Waals surface area contributed by atoms with Crippen LogP contribution in [0, 0.1) is 30.1 Å². The number of aliphatic hydroxyl groups is 1. The molecule has 4 fully saturated rings. The van der Waals surface area contributed by atoms with E-state index in [-0.39, 0.29) is 6.61 Å². The van der Waals surface area contributed by atoms with Gasteiger partial charge in [0.25, 0.3) is 0 Å². The lowest BCUT2D eigenvalue weighted by molar-refractivity contribution is -0.0571. The summed E-state index contributed by atoms with van der Waals surface area (Å²) in [5.74, 6) is 4.01. The van der Waals surface area contributed by atoms with E-state index in [1.165, 1.54) is 61.8 Å². The van der Waals surface area contributed by atoms with Crippen LogP contribution in [0.1, 0.15) is 61.9 Å². The molecule has 3 heteroatoms. The number of imidazole rings is 1. The molecule has 6 rings (SSSR count). The number of aryl methyl sites for hydroxylation is 1. The molecule has 0 atom stereocenters. The number of hydrogen-bond donors (Lipinski definition) is 1. The summed E-state index contributed by atoms with van der Waals surface area (Å²) in [5.41, 5.74) is 5.11. The van der Waals surface area contributed by atoms with Gasteiger partial charge in [0, 0.05) is 18.3 Å². The predicted octanol–water partition coefficient (Wildman–Crippen LogP) is 5.04. The Hall–Kier alpha value is -1.61. The van der Waals surface area contributed by atoms with Crippen LogP contribution < -0.4 is 0 Å². The van der Waals surface area contributed by atoms with E-state index >= 15 is 0 Å². The van der Waals surface area contributed by atoms with Crippen LogP contribution in [0.4, 0.5) is 0 Å². The molecule has 2 aromatic rings. The minimum atomic E-state index is 0.0376. The quantitative estimate of drug-likeness (QED) is 0.807. The van der Waals surface area contributed by atoms with Crippen molar-refractivity contribution in [1.82, 2.24) is 9.55 Å². The first-order valence-corrected chi connectivity index (χ1v) is 10.8. The van der Waals surface area contributed by atoms with Crippen molar-refractivity contribution in [3.8, 4) is 11.4 Å². The average Bonchev–Trinajstić information content (AvgIpc) is 2.95. The van der Waals surface area contributed by atoms with Crippen molar-refractivity contribution in [1.29, 1.82) is 0 Å². The molecule has 144 valence electrons. The van der Waals surface area contributed by atoms with Crippen molar-refractivity contribution in [2.45, 2.75) is 64.9 Å². The van der Waals surface area contributed by atoms with Crippen molar-refractivity contribution in [2.24, 2.45) is 30.2 Å². The van der Waals surface area contributed by atoms with Gasteiger partial charge in [-0.3, -0.25) is 0 Å². The smallest absolute Gasteiger partial charge is 0.140 e. The molecule has 1 heterocycles. The highest BCUT2D eigenvalue weighted by atomic mass is 16.3. The maximum Gasteiger partial charge on any atom is 0.140 e. The molecule has 27 heavy (non-hydrogen) atoms. The van der Waals surface area contributed by atoms with Gasteiger partial charge in [0.2, 0.25) is 0 Å². The lowest BCUT2D eigenvalue weighted by Gasteiger charge is -2.57. The SMILES string of the molecule is Cc1ccccc1-c1nc(CO)c(CCC23CC4CC(CC(C4)C2)C3)n1C. The molecule has 0 amide bonds. The van der Waals surface area contributed by atoms with Gasteiger partial charge in [-0.2, -0.15) is 0 Å². The van der Waals surface area contributed by atoms with Crippen molar-refractivity contribution in [3.63, 3.8) is 0 Å². The number of rotatable bonds is 5. The van der Waals surface area contributed by atoms with E-state index in [9.17, 15) is 5.11 Å². The number of aromatic nitrogens is 2. The Morgan fingerprint density at radius 3 is 2.30 bits per heavy atom. The second-order valence-corrected chi connectivity index (χ2v) is 9.78. The van der Waals surface area contributed by atoms with Gasteiger partial charge in [0.1, 0.15) is 5.82 Å². The molecule has 0 radical (unpaired) electrons. The van der Waals surface area contributed by atoms with Crippen LogP contribution in [-0.4, -0.2) is 14.7 Å². The third-order valence-corrected chi connectivity index (χ3v) is 7.89. The van der Waals surface area contributed by atoms with Gasteiger partial charge in [-0.15, -0.1) is 0 Å². The fourth-order valence-electron chi connectivity index (χ4n) is 7.07. The van der Waals surface area contributed by atoms with Crippen LogP contribution in [0.25, 0.3) is 11.4 Å². The second-order valence-electron chi connectivity index (χ2n) is 9.78. The van der Waals surface area contributed by atoms with Crippen LogP contribution in [0.5, 0.6) is 0 Å². The van der Waals surface area contributed by atoms with E-state index < -0.39 is 0 Å². The summed E-state index contributed by atoms with van der Waals surface area (Å²) in [6, 6.07) is 8.42. The standard InChI is InChI=1S/C24H32N2O/c1-16-5-3-4-6-20(16)23-25-21(15-27)22(26(23)2)7-8-24-12-17-9-18(13-24)11-19(10-17)14-24/h3-6,17-19,27H,7-15H2,1-2H3. The van der Waals surface area contributed by atoms with Gasteiger partial charge >= 0.3 is 0 Å². The molecule has 4 bridgehead atoms. The Balaban J connectivity index is 1.42. The summed E-state index contributed by atoms with van der Waals surface area (Å²) in [7, 11) is 2.13. The van der Waals surface area contributed by atoms with Crippen molar-refractivity contribution in [3.05, 3.63) is 41.2 Å². The van der Waals surface area contributed by atoms with Crippen molar-refractivity contribution >= 4 is 0 Å². The Morgan fingerprint density at radius 2 is 1.70 bits per heavy atom. The summed E-state index contributed by atoms with van der Waals surface area (Å²) in [5, 5.41) is 9.96. The summed E-state index contributed by atoms with van der Waals surface area (Å²) in [6.07, 6.45) is 11.2. The Morgan fingerprint density at radius 1 is 1.07 bits per heavy atom. The Labute approximate surface area is 162 Å². The van der Waals surface area contributed by atoms with E-state index in [2.05, 4.69) is 42.8 Å². The first kappa shape index (κ1) is 17.5. The van der Waals surface area contributed by atoms with Crippen LogP contribution in [0.15, 0.2) is 24.3 Å². The molecule has 0 aliphatic heterocycles. The van der Waals surface area contributed by atoms with Gasteiger partial charge in [-0.05, 0) is 87.0 Å². The largest absolute Gasteiger partial charge is 0.390 e. The molecule has 4 saturated carbocycles. The van der Waals surface area contributed by atoms with Gasteiger partial charge in [-0.1, -0.05) is 24.3 Å². The first-order valence-electron chi connectivity index (χ1n) is 10.8. The van der Waals surface area contributed by atoms with Crippen LogP contribution in [-0.2, 0) is 20.1 Å². The lowest BCUT2D eigenvalue weighted by Crippen LogP contribution is -2.46. The van der Waals surface area contributed by atoms with Crippen molar-refractivity contribution in [2.75, 3.05) is 0 Å². The van der Waals surface area contributed by atoms with Crippen molar-refractivity contribution < 1.29 is 5.11 Å². The summed E-state index contributed by atoms with van der Waals surface area (Å²) in [6.45, 7) is 2.17. The van der Waals surface area contributed by atoms with Gasteiger partial charge in [0.05, 0.1) is 12.3 Å². The molecular formula is C24H32N2O. The number of benzene rings is 1. The fraction of sp³-hybridized carbons (Fsp3) is 0.625. The summed E-state index contributed by atoms with van der Waals surface area (Å²) < 4.78 is 2.24. The zero-order valence-electron chi connectivity index (χ0n) is 16.7. The maximum absolute atomic E-state index is 9.96. The normalized spacial score (nSPS) is 31.6. The lowest BCUT2D eigenvalue weighted by atomic mass is 9.48. The molecular weight excluding hydrogens is 332 g/mol. The molecule has 3 nitrogen and oxygen atoms in total. The van der Waals surface area contributed by atoms with Gasteiger partial charge < -0.3 is 9.67 Å². The second kappa shape index (κ2) is 6.48.